The molecule has 0 aliphatic heterocycles. The molecule has 1 aromatic carbocycles. The standard InChI is InChI=1S/C11H10BrClO2/c1-6-2-8(12)3-7-4-10(9(14)5-13)15-11(6)7/h2-4,9,14H,5H2,1H3. The minimum Gasteiger partial charge on any atom is -0.458 e. The highest BCUT2D eigenvalue weighted by molar-refractivity contribution is 9.10. The third kappa shape index (κ3) is 2.05. The van der Waals surface area contributed by atoms with Gasteiger partial charge in [0.1, 0.15) is 17.4 Å². The zero-order valence-electron chi connectivity index (χ0n) is 8.13. The second kappa shape index (κ2) is 4.16. The smallest absolute Gasteiger partial charge is 0.137 e. The van der Waals surface area contributed by atoms with Crippen LogP contribution in [0.5, 0.6) is 0 Å². The summed E-state index contributed by atoms with van der Waals surface area (Å²) in [5.74, 6) is 0.654. The molecular formula is C11H10BrClO2. The van der Waals surface area contributed by atoms with Crippen LogP contribution in [0.4, 0.5) is 0 Å². The monoisotopic (exact) mass is 288 g/mol. The number of benzene rings is 1. The minimum atomic E-state index is -0.739. The molecule has 2 aromatic rings. The summed E-state index contributed by atoms with van der Waals surface area (Å²) in [4.78, 5) is 0. The van der Waals surface area contributed by atoms with E-state index in [0.29, 0.717) is 5.76 Å². The van der Waals surface area contributed by atoms with Gasteiger partial charge in [-0.05, 0) is 30.7 Å². The van der Waals surface area contributed by atoms with Crippen molar-refractivity contribution in [3.8, 4) is 0 Å². The van der Waals surface area contributed by atoms with Crippen LogP contribution < -0.4 is 0 Å². The van der Waals surface area contributed by atoms with E-state index in [1.54, 1.807) is 0 Å². The van der Waals surface area contributed by atoms with Gasteiger partial charge in [0.25, 0.3) is 0 Å². The Labute approximate surface area is 101 Å². The summed E-state index contributed by atoms with van der Waals surface area (Å²) in [5, 5.41) is 10.5. The highest BCUT2D eigenvalue weighted by atomic mass is 79.9. The number of aliphatic hydroxyl groups excluding tert-OH is 1. The quantitative estimate of drug-likeness (QED) is 0.854. The summed E-state index contributed by atoms with van der Waals surface area (Å²) < 4.78 is 6.55. The zero-order chi connectivity index (χ0) is 11.0. The normalized spacial score (nSPS) is 13.3. The summed E-state index contributed by atoms with van der Waals surface area (Å²) >= 11 is 8.98. The molecule has 0 saturated heterocycles. The number of aryl methyl sites for hydroxylation is 1. The minimum absolute atomic E-state index is 0.139. The molecule has 1 unspecified atom stereocenters. The molecule has 1 N–H and O–H groups in total. The Kier molecular flexibility index (Phi) is 3.05. The molecule has 0 aliphatic carbocycles. The first-order valence-electron chi connectivity index (χ1n) is 4.55. The number of rotatable bonds is 2. The molecule has 0 amide bonds. The van der Waals surface area contributed by atoms with E-state index in [2.05, 4.69) is 15.9 Å². The predicted octanol–water partition coefficient (Wildman–Crippen LogP) is 3.78. The van der Waals surface area contributed by atoms with Crippen LogP contribution in [0, 0.1) is 6.92 Å². The van der Waals surface area contributed by atoms with Crippen molar-refractivity contribution in [1.82, 2.24) is 0 Å². The van der Waals surface area contributed by atoms with Crippen LogP contribution in [-0.2, 0) is 0 Å². The SMILES string of the molecule is Cc1cc(Br)cc2cc(C(O)CCl)oc12. The largest absolute Gasteiger partial charge is 0.458 e. The van der Waals surface area contributed by atoms with Gasteiger partial charge in [-0.2, -0.15) is 0 Å². The van der Waals surface area contributed by atoms with Crippen LogP contribution in [0.1, 0.15) is 17.4 Å². The van der Waals surface area contributed by atoms with Gasteiger partial charge in [-0.1, -0.05) is 15.9 Å². The number of alkyl halides is 1. The third-order valence-corrected chi connectivity index (χ3v) is 3.01. The molecule has 2 rings (SSSR count). The summed E-state index contributed by atoms with van der Waals surface area (Å²) in [5.41, 5.74) is 1.84. The first-order valence-corrected chi connectivity index (χ1v) is 5.88. The van der Waals surface area contributed by atoms with Crippen molar-refractivity contribution in [3.63, 3.8) is 0 Å². The maximum absolute atomic E-state index is 9.55. The van der Waals surface area contributed by atoms with Crippen molar-refractivity contribution in [2.24, 2.45) is 0 Å². The number of hydrogen-bond donors (Lipinski definition) is 1. The highest BCUT2D eigenvalue weighted by Gasteiger charge is 2.13. The molecule has 4 heteroatoms. The van der Waals surface area contributed by atoms with E-state index in [-0.39, 0.29) is 5.88 Å². The number of fused-ring (bicyclic) bond motifs is 1. The predicted molar refractivity (Wildman–Crippen MR) is 64.3 cm³/mol. The van der Waals surface area contributed by atoms with Gasteiger partial charge in [0.15, 0.2) is 0 Å². The molecule has 1 atom stereocenters. The Morgan fingerprint density at radius 3 is 2.87 bits per heavy atom. The fraction of sp³-hybridized carbons (Fsp3) is 0.273. The van der Waals surface area contributed by atoms with Crippen LogP contribution in [0.15, 0.2) is 27.1 Å². The Balaban J connectivity index is 2.60. The van der Waals surface area contributed by atoms with Crippen molar-refractivity contribution in [2.45, 2.75) is 13.0 Å². The number of furan rings is 1. The average molecular weight is 290 g/mol. The summed E-state index contributed by atoms with van der Waals surface area (Å²) in [6.45, 7) is 1.97. The Morgan fingerprint density at radius 1 is 1.47 bits per heavy atom. The lowest BCUT2D eigenvalue weighted by molar-refractivity contribution is 0.175. The van der Waals surface area contributed by atoms with Gasteiger partial charge >= 0.3 is 0 Å². The summed E-state index contributed by atoms with van der Waals surface area (Å²) in [6.07, 6.45) is -0.739. The highest BCUT2D eigenvalue weighted by Crippen LogP contribution is 2.29. The lowest BCUT2D eigenvalue weighted by Crippen LogP contribution is -1.95. The Bertz CT molecular complexity index is 493. The van der Waals surface area contributed by atoms with Crippen molar-refractivity contribution < 1.29 is 9.52 Å². The number of halogens is 2. The molecule has 2 nitrogen and oxygen atoms in total. The van der Waals surface area contributed by atoms with Gasteiger partial charge < -0.3 is 9.52 Å². The summed E-state index contributed by atoms with van der Waals surface area (Å²) in [6, 6.07) is 5.75. The Hall–Kier alpha value is -0.510. The lowest BCUT2D eigenvalue weighted by Gasteiger charge is -2.00. The zero-order valence-corrected chi connectivity index (χ0v) is 10.5. The van der Waals surface area contributed by atoms with Crippen molar-refractivity contribution in [2.75, 3.05) is 5.88 Å². The van der Waals surface area contributed by atoms with Crippen molar-refractivity contribution in [1.29, 1.82) is 0 Å². The average Bonchev–Trinajstić information content (AvgIpc) is 2.60. The van der Waals surface area contributed by atoms with Gasteiger partial charge in [0.2, 0.25) is 0 Å². The fourth-order valence-electron chi connectivity index (χ4n) is 1.54. The Morgan fingerprint density at radius 2 is 2.20 bits per heavy atom. The van der Waals surface area contributed by atoms with Crippen LogP contribution in [-0.4, -0.2) is 11.0 Å². The van der Waals surface area contributed by atoms with Gasteiger partial charge in [-0.15, -0.1) is 11.6 Å². The molecular weight excluding hydrogens is 279 g/mol. The lowest BCUT2D eigenvalue weighted by atomic mass is 10.2. The van der Waals surface area contributed by atoms with Gasteiger partial charge in [-0.3, -0.25) is 0 Å². The van der Waals surface area contributed by atoms with E-state index < -0.39 is 6.10 Å². The van der Waals surface area contributed by atoms with Crippen LogP contribution in [0.3, 0.4) is 0 Å². The molecule has 1 aromatic heterocycles. The van der Waals surface area contributed by atoms with E-state index in [1.807, 2.05) is 25.1 Å². The topological polar surface area (TPSA) is 33.4 Å². The van der Waals surface area contributed by atoms with Gasteiger partial charge in [0.05, 0.1) is 5.88 Å². The molecule has 0 bridgehead atoms. The molecule has 0 saturated carbocycles. The molecule has 15 heavy (non-hydrogen) atoms. The van der Waals surface area contributed by atoms with Crippen LogP contribution in [0.25, 0.3) is 11.0 Å². The number of aliphatic hydroxyl groups is 1. The first-order chi connectivity index (χ1) is 7.11. The molecule has 1 heterocycles. The van der Waals surface area contributed by atoms with Crippen LogP contribution >= 0.6 is 27.5 Å². The van der Waals surface area contributed by atoms with Gasteiger partial charge in [0, 0.05) is 9.86 Å². The van der Waals surface area contributed by atoms with E-state index in [0.717, 1.165) is 21.0 Å². The second-order valence-electron chi connectivity index (χ2n) is 3.46. The maximum Gasteiger partial charge on any atom is 0.137 e. The molecule has 80 valence electrons. The molecule has 0 aliphatic rings. The molecule has 0 fully saturated rings. The van der Waals surface area contributed by atoms with E-state index in [4.69, 9.17) is 16.0 Å². The van der Waals surface area contributed by atoms with E-state index in [9.17, 15) is 5.11 Å². The third-order valence-electron chi connectivity index (χ3n) is 2.26. The van der Waals surface area contributed by atoms with Crippen LogP contribution in [0.2, 0.25) is 0 Å². The molecule has 0 spiro atoms. The maximum atomic E-state index is 9.55. The van der Waals surface area contributed by atoms with Crippen molar-refractivity contribution >= 4 is 38.5 Å². The fourth-order valence-corrected chi connectivity index (χ4v) is 2.29. The van der Waals surface area contributed by atoms with E-state index in [1.165, 1.54) is 0 Å². The molecule has 0 radical (unpaired) electrons. The van der Waals surface area contributed by atoms with Crippen molar-refractivity contribution in [3.05, 3.63) is 34.0 Å². The number of hydrogen-bond acceptors (Lipinski definition) is 2. The van der Waals surface area contributed by atoms with Gasteiger partial charge in [-0.25, -0.2) is 0 Å². The summed E-state index contributed by atoms with van der Waals surface area (Å²) in [7, 11) is 0. The first kappa shape index (κ1) is 11.0. The second-order valence-corrected chi connectivity index (χ2v) is 4.68. The van der Waals surface area contributed by atoms with E-state index >= 15 is 0 Å².